The Morgan fingerprint density at radius 1 is 1.25 bits per heavy atom. The maximum Gasteiger partial charge on any atom is 0.471 e. The number of phenols is 1. The second kappa shape index (κ2) is 5.65. The Balaban J connectivity index is 1.71. The molecule has 4 aliphatic rings. The van der Waals surface area contributed by atoms with Crippen molar-refractivity contribution < 1.29 is 23.1 Å². The zero-order valence-electron chi connectivity index (χ0n) is 15.9. The molecule has 0 radical (unpaired) electrons. The molecule has 2 saturated carbocycles. The van der Waals surface area contributed by atoms with Gasteiger partial charge in [0, 0.05) is 29.5 Å². The molecule has 1 amide bonds. The molecule has 1 saturated heterocycles. The van der Waals surface area contributed by atoms with Crippen molar-refractivity contribution in [3.8, 4) is 5.75 Å². The number of halogens is 3. The molecule has 0 aromatic heterocycles. The Hall–Kier alpha value is -1.76. The number of carbonyl (C=O) groups is 1. The summed E-state index contributed by atoms with van der Waals surface area (Å²) in [6.07, 6.45) is -0.340. The lowest BCUT2D eigenvalue weighted by Gasteiger charge is -2.66. The van der Waals surface area contributed by atoms with E-state index in [0.29, 0.717) is 24.8 Å². The van der Waals surface area contributed by atoms with Gasteiger partial charge in [0.25, 0.3) is 0 Å². The number of carbonyl (C=O) groups excluding carboxylic acids is 1. The summed E-state index contributed by atoms with van der Waals surface area (Å²) in [6.45, 7) is 0.132. The first kappa shape index (κ1) is 18.3. The predicted octanol–water partition coefficient (Wildman–Crippen LogP) is 3.13. The fourth-order valence-corrected chi connectivity index (χ4v) is 7.60. The summed E-state index contributed by atoms with van der Waals surface area (Å²) in [5, 5.41) is 13.6. The number of hydrogen-bond acceptors (Lipinski definition) is 3. The van der Waals surface area contributed by atoms with E-state index >= 15 is 0 Å². The van der Waals surface area contributed by atoms with Crippen LogP contribution in [0.5, 0.6) is 5.75 Å². The number of hydrogen-bond donors (Lipinski definition) is 2. The lowest BCUT2D eigenvalue weighted by atomic mass is 9.43. The van der Waals surface area contributed by atoms with Crippen LogP contribution in [0.3, 0.4) is 0 Å². The van der Waals surface area contributed by atoms with E-state index in [2.05, 4.69) is 5.32 Å². The van der Waals surface area contributed by atoms with Crippen LogP contribution in [-0.4, -0.2) is 47.8 Å². The van der Waals surface area contributed by atoms with Crippen molar-refractivity contribution in [2.75, 3.05) is 13.6 Å². The van der Waals surface area contributed by atoms with Crippen molar-refractivity contribution in [3.05, 3.63) is 29.3 Å². The van der Waals surface area contributed by atoms with Gasteiger partial charge in [-0.2, -0.15) is 13.2 Å². The molecular weight excluding hydrogens is 369 g/mol. The molecule has 152 valence electrons. The van der Waals surface area contributed by atoms with Crippen LogP contribution >= 0.6 is 0 Å². The Morgan fingerprint density at radius 2 is 2.00 bits per heavy atom. The van der Waals surface area contributed by atoms with E-state index in [1.54, 1.807) is 6.07 Å². The van der Waals surface area contributed by atoms with Gasteiger partial charge in [-0.25, -0.2) is 0 Å². The zero-order chi connectivity index (χ0) is 19.9. The highest BCUT2D eigenvalue weighted by Gasteiger charge is 2.72. The average molecular weight is 394 g/mol. The minimum Gasteiger partial charge on any atom is -0.508 e. The van der Waals surface area contributed by atoms with Gasteiger partial charge in [-0.05, 0) is 74.8 Å². The smallest absolute Gasteiger partial charge is 0.471 e. The van der Waals surface area contributed by atoms with E-state index in [1.807, 2.05) is 19.2 Å². The average Bonchev–Trinajstić information content (AvgIpc) is 2.88. The van der Waals surface area contributed by atoms with Gasteiger partial charge in [-0.15, -0.1) is 0 Å². The third-order valence-electron chi connectivity index (χ3n) is 8.43. The highest BCUT2D eigenvalue weighted by molar-refractivity contribution is 5.82. The van der Waals surface area contributed by atoms with Gasteiger partial charge in [0.15, 0.2) is 0 Å². The summed E-state index contributed by atoms with van der Waals surface area (Å²) < 4.78 is 40.1. The molecule has 1 aliphatic heterocycles. The molecule has 28 heavy (non-hydrogen) atoms. The van der Waals surface area contributed by atoms with Crippen molar-refractivity contribution in [1.82, 2.24) is 10.2 Å². The standard InChI is InChI=1S/C21H25F3N2O2/c1-25-16-5-7-19-6-4-14(16)20(19)8-9-26(18(28)21(22,23)24)17(19)10-12-2-3-13(27)11-15(12)20/h2-3,11,14,16-17,25,27H,4-10H2,1H3. The first-order valence-electron chi connectivity index (χ1n) is 10.1. The number of phenolic OH excluding ortho intramolecular Hbond substituents is 1. The minimum atomic E-state index is -4.84. The van der Waals surface area contributed by atoms with E-state index in [9.17, 15) is 23.1 Å². The maximum absolute atomic E-state index is 13.4. The topological polar surface area (TPSA) is 52.6 Å². The van der Waals surface area contributed by atoms with Crippen LogP contribution in [0.15, 0.2) is 18.2 Å². The van der Waals surface area contributed by atoms with E-state index < -0.39 is 18.1 Å². The Labute approximate surface area is 162 Å². The maximum atomic E-state index is 13.4. The number of aromatic hydroxyl groups is 1. The van der Waals surface area contributed by atoms with Crippen LogP contribution in [0, 0.1) is 11.3 Å². The first-order chi connectivity index (χ1) is 13.2. The van der Waals surface area contributed by atoms with Crippen molar-refractivity contribution >= 4 is 5.91 Å². The van der Waals surface area contributed by atoms with E-state index in [0.717, 1.165) is 41.7 Å². The summed E-state index contributed by atoms with van der Waals surface area (Å²) in [5.74, 6) is -1.17. The van der Waals surface area contributed by atoms with Crippen LogP contribution in [-0.2, 0) is 16.6 Å². The van der Waals surface area contributed by atoms with Gasteiger partial charge >= 0.3 is 12.1 Å². The molecule has 4 bridgehead atoms. The minimum absolute atomic E-state index is 0.132. The number of piperidine rings is 1. The lowest BCUT2D eigenvalue weighted by Crippen LogP contribution is -2.71. The Bertz CT molecular complexity index is 841. The quantitative estimate of drug-likeness (QED) is 0.770. The SMILES string of the molecule is CNC1CCC23CCC1C21CCN(C(=O)C(F)(F)F)C3Cc2ccc(O)cc21. The molecule has 5 atom stereocenters. The second-order valence-electron chi connectivity index (χ2n) is 9.01. The predicted molar refractivity (Wildman–Crippen MR) is 96.9 cm³/mol. The van der Waals surface area contributed by atoms with Crippen molar-refractivity contribution in [3.63, 3.8) is 0 Å². The molecule has 5 rings (SSSR count). The molecule has 1 heterocycles. The summed E-state index contributed by atoms with van der Waals surface area (Å²) >= 11 is 0. The summed E-state index contributed by atoms with van der Waals surface area (Å²) in [5.41, 5.74) is 1.51. The molecule has 3 aliphatic carbocycles. The van der Waals surface area contributed by atoms with Crippen molar-refractivity contribution in [2.24, 2.45) is 11.3 Å². The summed E-state index contributed by atoms with van der Waals surface area (Å²) in [6, 6.07) is 5.19. The van der Waals surface area contributed by atoms with Crippen LogP contribution < -0.4 is 5.32 Å². The molecule has 3 fully saturated rings. The number of amides is 1. The number of benzene rings is 1. The van der Waals surface area contributed by atoms with Crippen LogP contribution in [0.4, 0.5) is 13.2 Å². The number of alkyl halides is 3. The van der Waals surface area contributed by atoms with Gasteiger partial charge in [0.2, 0.25) is 0 Å². The largest absolute Gasteiger partial charge is 0.508 e. The molecule has 1 aromatic rings. The van der Waals surface area contributed by atoms with Crippen LogP contribution in [0.2, 0.25) is 0 Å². The number of nitrogens with one attached hydrogen (secondary N) is 1. The molecule has 4 nitrogen and oxygen atoms in total. The van der Waals surface area contributed by atoms with E-state index in [4.69, 9.17) is 0 Å². The molecule has 7 heteroatoms. The highest BCUT2D eigenvalue weighted by Crippen LogP contribution is 2.72. The fourth-order valence-electron chi connectivity index (χ4n) is 7.60. The monoisotopic (exact) mass is 394 g/mol. The van der Waals surface area contributed by atoms with Crippen molar-refractivity contribution in [2.45, 2.75) is 62.2 Å². The number of likely N-dealkylation sites (tertiary alicyclic amines) is 1. The third kappa shape index (κ3) is 2.03. The van der Waals surface area contributed by atoms with E-state index in [-0.39, 0.29) is 23.1 Å². The van der Waals surface area contributed by atoms with Gasteiger partial charge in [0.1, 0.15) is 5.75 Å². The third-order valence-corrected chi connectivity index (χ3v) is 8.43. The number of rotatable bonds is 1. The molecule has 1 aromatic carbocycles. The number of fused-ring (bicyclic) bond motifs is 1. The van der Waals surface area contributed by atoms with Gasteiger partial charge in [0.05, 0.1) is 0 Å². The van der Waals surface area contributed by atoms with Crippen molar-refractivity contribution in [1.29, 1.82) is 0 Å². The molecule has 2 N–H and O–H groups in total. The van der Waals surface area contributed by atoms with Gasteiger partial charge in [-0.3, -0.25) is 4.79 Å². The fraction of sp³-hybridized carbons (Fsp3) is 0.667. The van der Waals surface area contributed by atoms with Crippen LogP contribution in [0.1, 0.15) is 43.2 Å². The second-order valence-corrected chi connectivity index (χ2v) is 9.01. The lowest BCUT2D eigenvalue weighted by molar-refractivity contribution is -0.199. The molecule has 5 unspecified atom stereocenters. The van der Waals surface area contributed by atoms with Crippen LogP contribution in [0.25, 0.3) is 0 Å². The summed E-state index contributed by atoms with van der Waals surface area (Å²) in [7, 11) is 1.96. The zero-order valence-corrected chi connectivity index (χ0v) is 15.9. The number of nitrogens with zero attached hydrogens (tertiary/aromatic N) is 1. The van der Waals surface area contributed by atoms with Gasteiger partial charge < -0.3 is 15.3 Å². The molecule has 0 spiro atoms. The van der Waals surface area contributed by atoms with Gasteiger partial charge in [-0.1, -0.05) is 6.07 Å². The normalized spacial score (nSPS) is 38.7. The molecular formula is C21H25F3N2O2. The summed E-state index contributed by atoms with van der Waals surface area (Å²) in [4.78, 5) is 13.4. The highest BCUT2D eigenvalue weighted by atomic mass is 19.4. The first-order valence-corrected chi connectivity index (χ1v) is 10.1. The van der Waals surface area contributed by atoms with E-state index in [1.165, 1.54) is 0 Å². The Kier molecular flexibility index (Phi) is 3.69. The Morgan fingerprint density at radius 3 is 2.71 bits per heavy atom.